The lowest BCUT2D eigenvalue weighted by molar-refractivity contribution is 0.0953. The predicted molar refractivity (Wildman–Crippen MR) is 74.2 cm³/mol. The molecule has 4 heteroatoms. The van der Waals surface area contributed by atoms with Crippen LogP contribution >= 0.6 is 27.7 Å². The largest absolute Gasteiger partial charge is 0.352 e. The Balaban J connectivity index is 2.55. The first-order chi connectivity index (χ1) is 7.65. The van der Waals surface area contributed by atoms with Crippen molar-refractivity contribution in [3.8, 4) is 0 Å². The molecule has 0 spiro atoms. The van der Waals surface area contributed by atoms with Crippen LogP contribution in [0.15, 0.2) is 22.7 Å². The fourth-order valence-corrected chi connectivity index (χ4v) is 2.15. The zero-order valence-electron chi connectivity index (χ0n) is 9.55. The van der Waals surface area contributed by atoms with E-state index in [1.54, 1.807) is 11.8 Å². The first-order valence-electron chi connectivity index (χ1n) is 5.18. The van der Waals surface area contributed by atoms with Crippen molar-refractivity contribution in [2.45, 2.75) is 13.3 Å². The highest BCUT2D eigenvalue weighted by molar-refractivity contribution is 9.10. The second-order valence-corrected chi connectivity index (χ2v) is 5.46. The van der Waals surface area contributed by atoms with Gasteiger partial charge in [-0.25, -0.2) is 0 Å². The number of nitrogens with one attached hydrogen (secondary N) is 1. The third-order valence-corrected chi connectivity index (χ3v) is 3.45. The number of benzene rings is 1. The number of carbonyl (C=O) groups excluding carboxylic acids is 1. The minimum Gasteiger partial charge on any atom is -0.352 e. The first kappa shape index (κ1) is 13.6. The highest BCUT2D eigenvalue weighted by Crippen LogP contribution is 2.15. The smallest absolute Gasteiger partial charge is 0.251 e. The third kappa shape index (κ3) is 4.18. The highest BCUT2D eigenvalue weighted by Gasteiger charge is 2.08. The van der Waals surface area contributed by atoms with Crippen LogP contribution in [0, 0.1) is 6.92 Å². The van der Waals surface area contributed by atoms with E-state index in [9.17, 15) is 4.79 Å². The summed E-state index contributed by atoms with van der Waals surface area (Å²) in [6.07, 6.45) is 3.08. The van der Waals surface area contributed by atoms with Gasteiger partial charge < -0.3 is 5.32 Å². The molecule has 1 aromatic carbocycles. The van der Waals surface area contributed by atoms with Gasteiger partial charge in [0, 0.05) is 16.6 Å². The molecule has 0 aliphatic rings. The van der Waals surface area contributed by atoms with Gasteiger partial charge in [-0.2, -0.15) is 11.8 Å². The summed E-state index contributed by atoms with van der Waals surface area (Å²) in [5.74, 6) is 1.09. The van der Waals surface area contributed by atoms with Crippen LogP contribution in [0.4, 0.5) is 0 Å². The van der Waals surface area contributed by atoms with Gasteiger partial charge in [-0.3, -0.25) is 4.79 Å². The van der Waals surface area contributed by atoms with Gasteiger partial charge in [-0.05, 0) is 43.0 Å². The molecule has 0 fully saturated rings. The lowest BCUT2D eigenvalue weighted by atomic mass is 10.1. The summed E-state index contributed by atoms with van der Waals surface area (Å²) in [6, 6.07) is 5.75. The summed E-state index contributed by atoms with van der Waals surface area (Å²) in [5.41, 5.74) is 1.75. The maximum absolute atomic E-state index is 11.8. The molecular weight excluding hydrogens is 286 g/mol. The van der Waals surface area contributed by atoms with E-state index in [0.717, 1.165) is 34.3 Å². The van der Waals surface area contributed by atoms with Gasteiger partial charge in [-0.1, -0.05) is 22.0 Å². The van der Waals surface area contributed by atoms with Crippen molar-refractivity contribution >= 4 is 33.6 Å². The number of thioether (sulfide) groups is 1. The molecule has 1 amide bonds. The summed E-state index contributed by atoms with van der Waals surface area (Å²) in [5, 5.41) is 2.93. The molecule has 0 unspecified atom stereocenters. The molecule has 0 aliphatic heterocycles. The van der Waals surface area contributed by atoms with Crippen molar-refractivity contribution in [3.05, 3.63) is 33.8 Å². The number of carbonyl (C=O) groups is 1. The van der Waals surface area contributed by atoms with Gasteiger partial charge in [0.1, 0.15) is 0 Å². The zero-order valence-corrected chi connectivity index (χ0v) is 12.0. The Morgan fingerprint density at radius 1 is 1.50 bits per heavy atom. The second kappa shape index (κ2) is 6.97. The average Bonchev–Trinajstić information content (AvgIpc) is 2.27. The monoisotopic (exact) mass is 301 g/mol. The topological polar surface area (TPSA) is 29.1 Å². The van der Waals surface area contributed by atoms with Crippen molar-refractivity contribution in [2.24, 2.45) is 0 Å². The zero-order chi connectivity index (χ0) is 12.0. The van der Waals surface area contributed by atoms with E-state index in [4.69, 9.17) is 0 Å². The van der Waals surface area contributed by atoms with Gasteiger partial charge in [0.2, 0.25) is 0 Å². The minimum atomic E-state index is 0.0138. The predicted octanol–water partition coefficient (Wildman–Crippen LogP) is 3.24. The Morgan fingerprint density at radius 2 is 2.25 bits per heavy atom. The maximum Gasteiger partial charge on any atom is 0.251 e. The average molecular weight is 302 g/mol. The number of hydrogen-bond acceptors (Lipinski definition) is 2. The molecule has 0 aliphatic carbocycles. The Labute approximate surface area is 109 Å². The van der Waals surface area contributed by atoms with Crippen LogP contribution in [-0.4, -0.2) is 24.5 Å². The van der Waals surface area contributed by atoms with Crippen LogP contribution < -0.4 is 5.32 Å². The van der Waals surface area contributed by atoms with Crippen molar-refractivity contribution in [1.82, 2.24) is 5.32 Å². The van der Waals surface area contributed by atoms with Gasteiger partial charge in [0.05, 0.1) is 0 Å². The van der Waals surface area contributed by atoms with E-state index in [2.05, 4.69) is 27.5 Å². The molecule has 0 heterocycles. The molecule has 88 valence electrons. The van der Waals surface area contributed by atoms with Crippen LogP contribution in [0.1, 0.15) is 22.3 Å². The van der Waals surface area contributed by atoms with E-state index in [-0.39, 0.29) is 5.91 Å². The summed E-state index contributed by atoms with van der Waals surface area (Å²) >= 11 is 5.17. The number of hydrogen-bond donors (Lipinski definition) is 1. The lowest BCUT2D eigenvalue weighted by Gasteiger charge is -2.07. The van der Waals surface area contributed by atoms with E-state index < -0.39 is 0 Å². The molecule has 1 N–H and O–H groups in total. The fourth-order valence-electron chi connectivity index (χ4n) is 1.35. The van der Waals surface area contributed by atoms with Gasteiger partial charge >= 0.3 is 0 Å². The van der Waals surface area contributed by atoms with Crippen molar-refractivity contribution in [1.29, 1.82) is 0 Å². The van der Waals surface area contributed by atoms with Crippen LogP contribution in [-0.2, 0) is 0 Å². The second-order valence-electron chi connectivity index (χ2n) is 3.56. The lowest BCUT2D eigenvalue weighted by Crippen LogP contribution is -2.25. The van der Waals surface area contributed by atoms with E-state index in [1.807, 2.05) is 25.1 Å². The molecular formula is C12H16BrNOS. The summed E-state index contributed by atoms with van der Waals surface area (Å²) in [7, 11) is 0. The number of aryl methyl sites for hydroxylation is 1. The van der Waals surface area contributed by atoms with E-state index in [1.165, 1.54) is 0 Å². The third-order valence-electron chi connectivity index (χ3n) is 2.26. The van der Waals surface area contributed by atoms with Gasteiger partial charge in [-0.15, -0.1) is 0 Å². The van der Waals surface area contributed by atoms with Crippen LogP contribution in [0.5, 0.6) is 0 Å². The van der Waals surface area contributed by atoms with Gasteiger partial charge in [0.15, 0.2) is 0 Å². The molecule has 0 radical (unpaired) electrons. The van der Waals surface area contributed by atoms with Crippen LogP contribution in [0.25, 0.3) is 0 Å². The molecule has 1 aromatic rings. The fraction of sp³-hybridized carbons (Fsp3) is 0.417. The van der Waals surface area contributed by atoms with Crippen LogP contribution in [0.3, 0.4) is 0 Å². The molecule has 0 aromatic heterocycles. The maximum atomic E-state index is 11.8. The summed E-state index contributed by atoms with van der Waals surface area (Å²) in [6.45, 7) is 2.69. The van der Waals surface area contributed by atoms with Gasteiger partial charge in [0.25, 0.3) is 5.91 Å². The molecule has 2 nitrogen and oxygen atoms in total. The highest BCUT2D eigenvalue weighted by atomic mass is 79.9. The standard InChI is InChI=1S/C12H16BrNOS/c1-9-4-5-10(13)8-11(9)12(15)14-6-3-7-16-2/h4-5,8H,3,6-7H2,1-2H3,(H,14,15). The molecule has 0 atom stereocenters. The van der Waals surface area contributed by atoms with E-state index in [0.29, 0.717) is 0 Å². The van der Waals surface area contributed by atoms with Crippen molar-refractivity contribution < 1.29 is 4.79 Å². The molecule has 0 saturated heterocycles. The molecule has 1 rings (SSSR count). The summed E-state index contributed by atoms with van der Waals surface area (Å²) in [4.78, 5) is 11.8. The number of rotatable bonds is 5. The van der Waals surface area contributed by atoms with Crippen LogP contribution in [0.2, 0.25) is 0 Å². The van der Waals surface area contributed by atoms with Crippen molar-refractivity contribution in [3.63, 3.8) is 0 Å². The Kier molecular flexibility index (Phi) is 5.91. The normalized spacial score (nSPS) is 10.2. The minimum absolute atomic E-state index is 0.0138. The number of amides is 1. The summed E-state index contributed by atoms with van der Waals surface area (Å²) < 4.78 is 0.937. The molecule has 0 bridgehead atoms. The quantitative estimate of drug-likeness (QED) is 0.846. The first-order valence-corrected chi connectivity index (χ1v) is 7.37. The van der Waals surface area contributed by atoms with Crippen molar-refractivity contribution in [2.75, 3.05) is 18.6 Å². The Morgan fingerprint density at radius 3 is 2.94 bits per heavy atom. The van der Waals surface area contributed by atoms with E-state index >= 15 is 0 Å². The molecule has 0 saturated carbocycles. The SMILES string of the molecule is CSCCCNC(=O)c1cc(Br)ccc1C. The number of halogens is 1. The molecule has 16 heavy (non-hydrogen) atoms. The Bertz CT molecular complexity index is 368. The Hall–Kier alpha value is -0.480.